The minimum absolute atomic E-state index is 0.0262. The standard InChI is InChI=1S/C19H22N4O6S/c1-5-29-17(26)15-10(2)20-18-21-19(30-9-14(25)28-4)22-23(18)16(15)11-6-7-12(24)13(8-11)27-3/h6-8,16,24H,5,9H2,1-4H3,(H,20,21,22). The number of aromatic hydroxyl groups is 1. The summed E-state index contributed by atoms with van der Waals surface area (Å²) in [7, 11) is 2.75. The minimum atomic E-state index is -0.672. The molecule has 0 saturated heterocycles. The largest absolute Gasteiger partial charge is 0.504 e. The number of thioether (sulfide) groups is 1. The molecule has 1 aromatic heterocycles. The van der Waals surface area contributed by atoms with Crippen molar-refractivity contribution >= 4 is 29.6 Å². The number of phenols is 1. The molecular weight excluding hydrogens is 412 g/mol. The van der Waals surface area contributed by atoms with Crippen LogP contribution in [-0.2, 0) is 19.1 Å². The first-order valence-corrected chi connectivity index (χ1v) is 10.1. The van der Waals surface area contributed by atoms with Crippen molar-refractivity contribution in [2.45, 2.75) is 25.0 Å². The molecule has 1 aliphatic rings. The third kappa shape index (κ3) is 4.20. The highest BCUT2D eigenvalue weighted by molar-refractivity contribution is 7.99. The van der Waals surface area contributed by atoms with E-state index >= 15 is 0 Å². The molecule has 1 aliphatic heterocycles. The smallest absolute Gasteiger partial charge is 0.338 e. The lowest BCUT2D eigenvalue weighted by atomic mass is 9.95. The molecule has 11 heteroatoms. The first-order valence-electron chi connectivity index (χ1n) is 9.07. The molecular formula is C19H22N4O6S. The molecule has 3 rings (SSSR count). The molecule has 2 N–H and O–H groups in total. The summed E-state index contributed by atoms with van der Waals surface area (Å²) in [5.41, 5.74) is 1.56. The average Bonchev–Trinajstić information content (AvgIpc) is 3.13. The Kier molecular flexibility index (Phi) is 6.50. The predicted molar refractivity (Wildman–Crippen MR) is 109 cm³/mol. The average molecular weight is 434 g/mol. The van der Waals surface area contributed by atoms with Crippen LogP contribution in [0.15, 0.2) is 34.6 Å². The molecule has 1 unspecified atom stereocenters. The Balaban J connectivity index is 2.08. The van der Waals surface area contributed by atoms with Crippen LogP contribution in [-0.4, -0.2) is 58.4 Å². The molecule has 10 nitrogen and oxygen atoms in total. The van der Waals surface area contributed by atoms with Crippen molar-refractivity contribution in [1.29, 1.82) is 0 Å². The Morgan fingerprint density at radius 3 is 2.77 bits per heavy atom. The number of esters is 2. The monoisotopic (exact) mass is 434 g/mol. The highest BCUT2D eigenvalue weighted by Crippen LogP contribution is 2.39. The summed E-state index contributed by atoms with van der Waals surface area (Å²) in [5, 5.41) is 17.9. The topological polar surface area (TPSA) is 125 Å². The van der Waals surface area contributed by atoms with Crippen LogP contribution in [0.1, 0.15) is 25.5 Å². The minimum Gasteiger partial charge on any atom is -0.504 e. The molecule has 0 fully saturated rings. The number of nitrogens with zero attached hydrogens (tertiary/aromatic N) is 3. The lowest BCUT2D eigenvalue weighted by Crippen LogP contribution is -2.29. The van der Waals surface area contributed by atoms with E-state index in [9.17, 15) is 14.7 Å². The van der Waals surface area contributed by atoms with Gasteiger partial charge in [0.15, 0.2) is 11.5 Å². The van der Waals surface area contributed by atoms with E-state index in [2.05, 4.69) is 20.1 Å². The molecule has 160 valence electrons. The summed E-state index contributed by atoms with van der Waals surface area (Å²) in [6.45, 7) is 3.69. The number of hydrogen-bond donors (Lipinski definition) is 2. The van der Waals surface area contributed by atoms with Crippen molar-refractivity contribution in [1.82, 2.24) is 14.8 Å². The molecule has 0 saturated carbocycles. The van der Waals surface area contributed by atoms with E-state index in [1.165, 1.54) is 20.3 Å². The lowest BCUT2D eigenvalue weighted by Gasteiger charge is -2.28. The van der Waals surface area contributed by atoms with Gasteiger partial charge in [-0.25, -0.2) is 9.48 Å². The number of phenolic OH excluding ortho intramolecular Hbond substituents is 1. The number of carbonyl (C=O) groups is 2. The zero-order chi connectivity index (χ0) is 21.8. The Morgan fingerprint density at radius 2 is 2.10 bits per heavy atom. The van der Waals surface area contributed by atoms with E-state index in [1.54, 1.807) is 30.7 Å². The Labute approximate surface area is 177 Å². The van der Waals surface area contributed by atoms with Gasteiger partial charge >= 0.3 is 11.9 Å². The first kappa shape index (κ1) is 21.5. The second-order valence-electron chi connectivity index (χ2n) is 6.25. The van der Waals surface area contributed by atoms with E-state index in [-0.39, 0.29) is 23.9 Å². The summed E-state index contributed by atoms with van der Waals surface area (Å²) < 4.78 is 16.7. The van der Waals surface area contributed by atoms with E-state index in [4.69, 9.17) is 9.47 Å². The summed E-state index contributed by atoms with van der Waals surface area (Å²) >= 11 is 1.12. The maximum Gasteiger partial charge on any atom is 0.338 e. The Hall–Kier alpha value is -3.21. The maximum atomic E-state index is 12.8. The fraction of sp³-hybridized carbons (Fsp3) is 0.368. The van der Waals surface area contributed by atoms with Gasteiger partial charge < -0.3 is 24.6 Å². The molecule has 0 bridgehead atoms. The zero-order valence-electron chi connectivity index (χ0n) is 17.0. The SMILES string of the molecule is CCOC(=O)C1=C(C)Nc2nc(SCC(=O)OC)nn2C1c1ccc(O)c(OC)c1. The number of nitrogens with one attached hydrogen (secondary N) is 1. The molecule has 1 atom stereocenters. The normalized spacial score (nSPS) is 15.3. The van der Waals surface area contributed by atoms with Gasteiger partial charge in [0.25, 0.3) is 0 Å². The van der Waals surface area contributed by atoms with Gasteiger partial charge in [0.05, 0.1) is 32.2 Å². The van der Waals surface area contributed by atoms with Crippen LogP contribution in [0.25, 0.3) is 0 Å². The number of ether oxygens (including phenoxy) is 3. The number of anilines is 1. The van der Waals surface area contributed by atoms with Crippen LogP contribution in [0.2, 0.25) is 0 Å². The molecule has 0 amide bonds. The molecule has 0 radical (unpaired) electrons. The van der Waals surface area contributed by atoms with Crippen molar-refractivity contribution in [3.05, 3.63) is 35.0 Å². The number of fused-ring (bicyclic) bond motifs is 1. The van der Waals surface area contributed by atoms with E-state index < -0.39 is 18.0 Å². The van der Waals surface area contributed by atoms with Gasteiger partial charge in [0.1, 0.15) is 6.04 Å². The zero-order valence-corrected chi connectivity index (χ0v) is 17.8. The predicted octanol–water partition coefficient (Wildman–Crippen LogP) is 2.11. The second kappa shape index (κ2) is 9.08. The molecule has 30 heavy (non-hydrogen) atoms. The van der Waals surface area contributed by atoms with Crippen molar-refractivity contribution < 1.29 is 28.9 Å². The number of methoxy groups -OCH3 is 2. The van der Waals surface area contributed by atoms with Gasteiger partial charge in [0.2, 0.25) is 11.1 Å². The van der Waals surface area contributed by atoms with Crippen LogP contribution < -0.4 is 10.1 Å². The summed E-state index contributed by atoms with van der Waals surface area (Å²) in [6, 6.07) is 4.12. The summed E-state index contributed by atoms with van der Waals surface area (Å²) in [4.78, 5) is 28.6. The number of carbonyl (C=O) groups excluding carboxylic acids is 2. The fourth-order valence-electron chi connectivity index (χ4n) is 3.02. The number of allylic oxidation sites excluding steroid dienone is 1. The summed E-state index contributed by atoms with van der Waals surface area (Å²) in [5.74, 6) is -0.207. The van der Waals surface area contributed by atoms with Crippen LogP contribution in [0.5, 0.6) is 11.5 Å². The molecule has 2 aromatic rings. The van der Waals surface area contributed by atoms with Crippen molar-refractivity contribution in [2.24, 2.45) is 0 Å². The third-order valence-corrected chi connectivity index (χ3v) is 5.21. The highest BCUT2D eigenvalue weighted by Gasteiger charge is 2.35. The van der Waals surface area contributed by atoms with Crippen LogP contribution in [0, 0.1) is 0 Å². The van der Waals surface area contributed by atoms with E-state index in [0.29, 0.717) is 27.9 Å². The number of hydrogen-bond acceptors (Lipinski definition) is 10. The fourth-order valence-corrected chi connectivity index (χ4v) is 3.68. The summed E-state index contributed by atoms with van der Waals surface area (Å²) in [6.07, 6.45) is 0. The second-order valence-corrected chi connectivity index (χ2v) is 7.19. The van der Waals surface area contributed by atoms with E-state index in [1.807, 2.05) is 0 Å². The molecule has 0 aliphatic carbocycles. The van der Waals surface area contributed by atoms with Crippen LogP contribution in [0.3, 0.4) is 0 Å². The van der Waals surface area contributed by atoms with Gasteiger partial charge in [-0.3, -0.25) is 4.79 Å². The van der Waals surface area contributed by atoms with Gasteiger partial charge in [-0.05, 0) is 31.5 Å². The first-order chi connectivity index (χ1) is 14.4. The lowest BCUT2D eigenvalue weighted by molar-refractivity contribution is -0.139. The van der Waals surface area contributed by atoms with Gasteiger partial charge in [0, 0.05) is 5.70 Å². The van der Waals surface area contributed by atoms with Gasteiger partial charge in [-0.15, -0.1) is 5.10 Å². The number of benzene rings is 1. The van der Waals surface area contributed by atoms with Crippen LogP contribution >= 0.6 is 11.8 Å². The van der Waals surface area contributed by atoms with Crippen molar-refractivity contribution in [3.8, 4) is 11.5 Å². The van der Waals surface area contributed by atoms with Gasteiger partial charge in [-0.2, -0.15) is 4.98 Å². The third-order valence-electron chi connectivity index (χ3n) is 4.39. The quantitative estimate of drug-likeness (QED) is 0.494. The molecule has 2 heterocycles. The van der Waals surface area contributed by atoms with Crippen molar-refractivity contribution in [2.75, 3.05) is 31.9 Å². The van der Waals surface area contributed by atoms with E-state index in [0.717, 1.165) is 11.8 Å². The van der Waals surface area contributed by atoms with Crippen LogP contribution in [0.4, 0.5) is 5.95 Å². The molecule has 0 spiro atoms. The molecule has 1 aromatic carbocycles. The maximum absolute atomic E-state index is 12.8. The Morgan fingerprint density at radius 1 is 1.33 bits per heavy atom. The number of rotatable bonds is 7. The number of aromatic nitrogens is 3. The van der Waals surface area contributed by atoms with Gasteiger partial charge in [-0.1, -0.05) is 17.8 Å². The van der Waals surface area contributed by atoms with Crippen molar-refractivity contribution in [3.63, 3.8) is 0 Å². The highest BCUT2D eigenvalue weighted by atomic mass is 32.2. The Bertz CT molecular complexity index is 1000.